The monoisotopic (exact) mass is 146 g/mol. The van der Waals surface area contributed by atoms with Gasteiger partial charge in [0.2, 0.25) is 0 Å². The van der Waals surface area contributed by atoms with Gasteiger partial charge >= 0.3 is 0 Å². The van der Waals surface area contributed by atoms with Crippen LogP contribution in [-0.4, -0.2) is 17.5 Å². The summed E-state index contributed by atoms with van der Waals surface area (Å²) in [6, 6.07) is 0. The third-order valence-electron chi connectivity index (χ3n) is 2.29. The summed E-state index contributed by atoms with van der Waals surface area (Å²) >= 11 is 4.22. The third-order valence-corrected chi connectivity index (χ3v) is 2.75. The zero-order valence-corrected chi connectivity index (χ0v) is 6.48. The molecule has 0 radical (unpaired) electrons. The molecule has 54 valence electrons. The topological polar surface area (TPSA) is 20.2 Å². The maximum Gasteiger partial charge on any atom is 0.0462 e. The van der Waals surface area contributed by atoms with Gasteiger partial charge in [0, 0.05) is 6.61 Å². The molecule has 2 heteroatoms. The van der Waals surface area contributed by atoms with E-state index in [0.29, 0.717) is 18.4 Å². The lowest BCUT2D eigenvalue weighted by atomic mass is 9.99. The second-order valence-electron chi connectivity index (χ2n) is 2.82. The van der Waals surface area contributed by atoms with Gasteiger partial charge in [-0.05, 0) is 30.4 Å². The van der Waals surface area contributed by atoms with E-state index < -0.39 is 0 Å². The van der Waals surface area contributed by atoms with Crippen LogP contribution in [0.5, 0.6) is 0 Å². The molecule has 0 saturated heterocycles. The van der Waals surface area contributed by atoms with Gasteiger partial charge in [-0.15, -0.1) is 0 Å². The summed E-state index contributed by atoms with van der Waals surface area (Å²) in [5.41, 5.74) is 0. The number of thiol groups is 1. The molecule has 1 aliphatic rings. The van der Waals surface area contributed by atoms with Crippen LogP contribution in [0.25, 0.3) is 0 Å². The number of aliphatic hydroxyl groups is 1. The molecule has 1 fully saturated rings. The first-order valence-corrected chi connectivity index (χ1v) is 4.23. The first-order chi connectivity index (χ1) is 4.38. The van der Waals surface area contributed by atoms with Crippen molar-refractivity contribution >= 4 is 12.6 Å². The highest BCUT2D eigenvalue weighted by atomic mass is 32.1. The SMILES string of the molecule is OCC1CCCC1CS. The van der Waals surface area contributed by atoms with Crippen molar-refractivity contribution in [2.45, 2.75) is 19.3 Å². The van der Waals surface area contributed by atoms with Crippen LogP contribution in [0.3, 0.4) is 0 Å². The fraction of sp³-hybridized carbons (Fsp3) is 1.00. The molecule has 0 aromatic rings. The molecule has 9 heavy (non-hydrogen) atoms. The van der Waals surface area contributed by atoms with E-state index in [2.05, 4.69) is 12.6 Å². The van der Waals surface area contributed by atoms with E-state index in [1.807, 2.05) is 0 Å². The molecule has 0 amide bonds. The minimum absolute atomic E-state index is 0.366. The smallest absolute Gasteiger partial charge is 0.0462 e. The maximum atomic E-state index is 8.83. The van der Waals surface area contributed by atoms with Crippen LogP contribution in [0.4, 0.5) is 0 Å². The van der Waals surface area contributed by atoms with Crippen LogP contribution in [0.15, 0.2) is 0 Å². The van der Waals surface area contributed by atoms with E-state index in [1.54, 1.807) is 0 Å². The molecule has 0 aromatic heterocycles. The van der Waals surface area contributed by atoms with Crippen molar-refractivity contribution < 1.29 is 5.11 Å². The molecule has 0 aliphatic heterocycles. The van der Waals surface area contributed by atoms with Gasteiger partial charge in [-0.3, -0.25) is 0 Å². The molecule has 2 unspecified atom stereocenters. The van der Waals surface area contributed by atoms with Crippen LogP contribution in [0, 0.1) is 11.8 Å². The van der Waals surface area contributed by atoms with E-state index in [1.165, 1.54) is 19.3 Å². The molecular formula is C7H14OS. The standard InChI is InChI=1S/C7H14OS/c8-4-6-2-1-3-7(6)5-9/h6-9H,1-5H2. The summed E-state index contributed by atoms with van der Waals surface area (Å²) in [4.78, 5) is 0. The van der Waals surface area contributed by atoms with Crippen LogP contribution in [0.1, 0.15) is 19.3 Å². The Hall–Kier alpha value is 0.310. The van der Waals surface area contributed by atoms with Gasteiger partial charge in [0.05, 0.1) is 0 Å². The number of aliphatic hydroxyl groups excluding tert-OH is 1. The van der Waals surface area contributed by atoms with Crippen LogP contribution in [0.2, 0.25) is 0 Å². The van der Waals surface area contributed by atoms with Crippen molar-refractivity contribution in [2.24, 2.45) is 11.8 Å². The molecule has 1 N–H and O–H groups in total. The van der Waals surface area contributed by atoms with Gasteiger partial charge in [0.15, 0.2) is 0 Å². The Morgan fingerprint density at radius 3 is 2.44 bits per heavy atom. The van der Waals surface area contributed by atoms with E-state index >= 15 is 0 Å². The first kappa shape index (κ1) is 7.42. The summed E-state index contributed by atoms with van der Waals surface area (Å²) in [6.45, 7) is 0.366. The van der Waals surface area contributed by atoms with Gasteiger partial charge in [-0.25, -0.2) is 0 Å². The lowest BCUT2D eigenvalue weighted by Crippen LogP contribution is -2.12. The normalized spacial score (nSPS) is 35.3. The van der Waals surface area contributed by atoms with Crippen LogP contribution < -0.4 is 0 Å². The second kappa shape index (κ2) is 3.47. The van der Waals surface area contributed by atoms with Crippen LogP contribution >= 0.6 is 12.6 Å². The minimum Gasteiger partial charge on any atom is -0.396 e. The molecule has 0 aromatic carbocycles. The third kappa shape index (κ3) is 1.62. The fourth-order valence-electron chi connectivity index (χ4n) is 1.59. The van der Waals surface area contributed by atoms with Crippen molar-refractivity contribution in [1.29, 1.82) is 0 Å². The Labute approximate surface area is 61.9 Å². The number of rotatable bonds is 2. The molecule has 0 spiro atoms. The van der Waals surface area contributed by atoms with Gasteiger partial charge < -0.3 is 5.11 Å². The molecule has 1 rings (SSSR count). The van der Waals surface area contributed by atoms with Gasteiger partial charge in [-0.2, -0.15) is 12.6 Å². The molecule has 1 saturated carbocycles. The van der Waals surface area contributed by atoms with Crippen molar-refractivity contribution in [1.82, 2.24) is 0 Å². The fourth-order valence-corrected chi connectivity index (χ4v) is 2.08. The molecule has 0 bridgehead atoms. The highest BCUT2D eigenvalue weighted by Crippen LogP contribution is 2.31. The van der Waals surface area contributed by atoms with E-state index in [4.69, 9.17) is 5.11 Å². The number of hydrogen-bond acceptors (Lipinski definition) is 2. The lowest BCUT2D eigenvalue weighted by Gasteiger charge is -2.13. The summed E-state index contributed by atoms with van der Waals surface area (Å²) < 4.78 is 0. The predicted molar refractivity (Wildman–Crippen MR) is 41.8 cm³/mol. The number of hydrogen-bond donors (Lipinski definition) is 2. The Kier molecular flexibility index (Phi) is 2.86. The van der Waals surface area contributed by atoms with Crippen molar-refractivity contribution in [3.05, 3.63) is 0 Å². The zero-order chi connectivity index (χ0) is 6.69. The Bertz CT molecular complexity index is 75.0. The Balaban J connectivity index is 2.32. The summed E-state index contributed by atoms with van der Waals surface area (Å²) in [6.07, 6.45) is 3.77. The minimum atomic E-state index is 0.366. The zero-order valence-electron chi connectivity index (χ0n) is 5.58. The van der Waals surface area contributed by atoms with E-state index in [9.17, 15) is 0 Å². The molecular weight excluding hydrogens is 132 g/mol. The highest BCUT2D eigenvalue weighted by molar-refractivity contribution is 7.80. The van der Waals surface area contributed by atoms with E-state index in [-0.39, 0.29) is 0 Å². The molecule has 1 aliphatic carbocycles. The molecule has 1 nitrogen and oxygen atoms in total. The quantitative estimate of drug-likeness (QED) is 0.563. The second-order valence-corrected chi connectivity index (χ2v) is 3.18. The van der Waals surface area contributed by atoms with Crippen molar-refractivity contribution in [3.63, 3.8) is 0 Å². The van der Waals surface area contributed by atoms with Gasteiger partial charge in [-0.1, -0.05) is 6.42 Å². The summed E-state index contributed by atoms with van der Waals surface area (Å²) in [5.74, 6) is 2.20. The largest absolute Gasteiger partial charge is 0.396 e. The van der Waals surface area contributed by atoms with E-state index in [0.717, 1.165) is 5.75 Å². The lowest BCUT2D eigenvalue weighted by molar-refractivity contribution is 0.203. The summed E-state index contributed by atoms with van der Waals surface area (Å²) in [7, 11) is 0. The highest BCUT2D eigenvalue weighted by Gasteiger charge is 2.24. The predicted octanol–water partition coefficient (Wildman–Crippen LogP) is 1.32. The maximum absolute atomic E-state index is 8.83. The van der Waals surface area contributed by atoms with Crippen LogP contribution in [-0.2, 0) is 0 Å². The van der Waals surface area contributed by atoms with Gasteiger partial charge in [0.1, 0.15) is 0 Å². The molecule has 2 atom stereocenters. The van der Waals surface area contributed by atoms with Crippen molar-refractivity contribution in [2.75, 3.05) is 12.4 Å². The Morgan fingerprint density at radius 2 is 2.00 bits per heavy atom. The molecule has 0 heterocycles. The average Bonchev–Trinajstić information content (AvgIpc) is 2.33. The van der Waals surface area contributed by atoms with Crippen molar-refractivity contribution in [3.8, 4) is 0 Å². The summed E-state index contributed by atoms with van der Waals surface area (Å²) in [5, 5.41) is 8.83. The van der Waals surface area contributed by atoms with Gasteiger partial charge in [0.25, 0.3) is 0 Å². The Morgan fingerprint density at radius 1 is 1.33 bits per heavy atom. The first-order valence-electron chi connectivity index (χ1n) is 3.60. The average molecular weight is 146 g/mol.